The lowest BCUT2D eigenvalue weighted by Crippen LogP contribution is -3.15. The smallest absolute Gasteiger partial charge is 0.279 e. The Bertz CT molecular complexity index is 925. The standard InChI is InChI=1S/C19H20ClN7O/c20-15-4-5-17(27-14-21-13-23-27)16(11-15)24-19(28)12-25-7-9-26(10-8-25)18-3-1-2-6-22-18/h1-6,11,13-14H,7-10,12H2,(H,24,28)/p+2. The molecule has 0 spiro atoms. The topological polar surface area (TPSA) is 81.6 Å². The number of benzene rings is 1. The van der Waals surface area contributed by atoms with Gasteiger partial charge in [-0.2, -0.15) is 5.10 Å². The molecule has 3 aromatic rings. The van der Waals surface area contributed by atoms with Gasteiger partial charge in [0.25, 0.3) is 11.7 Å². The first-order chi connectivity index (χ1) is 13.7. The third kappa shape index (κ3) is 4.29. The molecule has 2 aromatic heterocycles. The minimum Gasteiger partial charge on any atom is -0.321 e. The van der Waals surface area contributed by atoms with Crippen LogP contribution in [-0.4, -0.2) is 53.4 Å². The highest BCUT2D eigenvalue weighted by Crippen LogP contribution is 2.23. The normalized spacial score (nSPS) is 14.8. The highest BCUT2D eigenvalue weighted by molar-refractivity contribution is 6.31. The zero-order valence-corrected chi connectivity index (χ0v) is 16.1. The Morgan fingerprint density at radius 3 is 2.82 bits per heavy atom. The number of anilines is 2. The number of amides is 1. The van der Waals surface area contributed by atoms with E-state index in [1.54, 1.807) is 23.1 Å². The molecule has 3 heterocycles. The van der Waals surface area contributed by atoms with Crippen molar-refractivity contribution < 1.29 is 14.7 Å². The summed E-state index contributed by atoms with van der Waals surface area (Å²) in [6, 6.07) is 11.4. The van der Waals surface area contributed by atoms with Crippen LogP contribution in [0.5, 0.6) is 0 Å². The fourth-order valence-corrected chi connectivity index (χ4v) is 3.56. The summed E-state index contributed by atoms with van der Waals surface area (Å²) in [5.41, 5.74) is 1.36. The fraction of sp³-hybridized carbons (Fsp3) is 0.263. The van der Waals surface area contributed by atoms with E-state index in [-0.39, 0.29) is 5.91 Å². The number of aromatic nitrogens is 4. The van der Waals surface area contributed by atoms with Crippen LogP contribution in [0.4, 0.5) is 11.5 Å². The molecule has 28 heavy (non-hydrogen) atoms. The van der Waals surface area contributed by atoms with E-state index >= 15 is 0 Å². The Balaban J connectivity index is 1.36. The summed E-state index contributed by atoms with van der Waals surface area (Å²) in [5.74, 6) is 1.07. The van der Waals surface area contributed by atoms with Crippen molar-refractivity contribution in [3.05, 3.63) is 60.3 Å². The maximum Gasteiger partial charge on any atom is 0.279 e. The minimum absolute atomic E-state index is 0.0432. The van der Waals surface area contributed by atoms with Gasteiger partial charge in [-0.15, -0.1) is 0 Å². The molecule has 9 heteroatoms. The molecule has 1 fully saturated rings. The molecule has 1 aliphatic heterocycles. The number of nitrogens with one attached hydrogen (secondary N) is 3. The van der Waals surface area contributed by atoms with Crippen molar-refractivity contribution in [1.82, 2.24) is 14.8 Å². The number of nitrogens with zero attached hydrogens (tertiary/aromatic N) is 4. The lowest BCUT2D eigenvalue weighted by atomic mass is 10.2. The number of pyridine rings is 1. The summed E-state index contributed by atoms with van der Waals surface area (Å²) in [7, 11) is 0. The number of piperazine rings is 1. The maximum atomic E-state index is 12.6. The van der Waals surface area contributed by atoms with E-state index in [1.165, 1.54) is 11.2 Å². The average molecular weight is 400 g/mol. The fourth-order valence-electron chi connectivity index (χ4n) is 3.38. The predicted molar refractivity (Wildman–Crippen MR) is 106 cm³/mol. The van der Waals surface area contributed by atoms with Crippen LogP contribution >= 0.6 is 11.6 Å². The molecule has 0 aliphatic carbocycles. The van der Waals surface area contributed by atoms with Gasteiger partial charge in [-0.05, 0) is 24.3 Å². The molecule has 1 aliphatic rings. The average Bonchev–Trinajstić information content (AvgIpc) is 3.24. The predicted octanol–water partition coefficient (Wildman–Crippen LogP) is 0.0784. The monoisotopic (exact) mass is 399 g/mol. The second kappa shape index (κ2) is 8.37. The van der Waals surface area contributed by atoms with Gasteiger partial charge in [0.15, 0.2) is 6.54 Å². The zero-order chi connectivity index (χ0) is 19.3. The van der Waals surface area contributed by atoms with Crippen molar-refractivity contribution in [3.63, 3.8) is 0 Å². The highest BCUT2D eigenvalue weighted by Gasteiger charge is 2.27. The second-order valence-corrected chi connectivity index (χ2v) is 7.15. The third-order valence-electron chi connectivity index (χ3n) is 4.81. The van der Waals surface area contributed by atoms with Crippen molar-refractivity contribution in [2.45, 2.75) is 0 Å². The van der Waals surface area contributed by atoms with Crippen LogP contribution in [0.3, 0.4) is 0 Å². The van der Waals surface area contributed by atoms with E-state index in [9.17, 15) is 4.79 Å². The molecule has 0 bridgehead atoms. The van der Waals surface area contributed by atoms with Crippen molar-refractivity contribution in [1.29, 1.82) is 0 Å². The summed E-state index contributed by atoms with van der Waals surface area (Å²) in [6.45, 7) is 4.04. The quantitative estimate of drug-likeness (QED) is 0.636. The number of H-pyrrole nitrogens is 1. The van der Waals surface area contributed by atoms with Gasteiger partial charge in [0.05, 0.1) is 17.6 Å². The van der Waals surface area contributed by atoms with Gasteiger partial charge >= 0.3 is 0 Å². The number of carbonyl (C=O) groups excluding carboxylic acids is 1. The van der Waals surface area contributed by atoms with Gasteiger partial charge in [0.1, 0.15) is 38.8 Å². The number of hydrogen-bond donors (Lipinski definition) is 2. The molecule has 0 radical (unpaired) electrons. The molecule has 8 nitrogen and oxygen atoms in total. The van der Waals surface area contributed by atoms with E-state index < -0.39 is 0 Å². The van der Waals surface area contributed by atoms with Crippen LogP contribution in [0.25, 0.3) is 5.69 Å². The Hall–Kier alpha value is -2.97. The number of hydrogen-bond acceptors (Lipinski definition) is 4. The van der Waals surface area contributed by atoms with Crippen LogP contribution in [0, 0.1) is 0 Å². The molecule has 1 amide bonds. The molecule has 0 unspecified atom stereocenters. The SMILES string of the molecule is O=C(C[NH+]1CCN(c2cccc[nH+]2)CC1)Nc1cc(Cl)ccc1-n1cncn1. The number of quaternary nitrogens is 1. The molecule has 1 saturated heterocycles. The molecule has 144 valence electrons. The van der Waals surface area contributed by atoms with Crippen LogP contribution in [0.15, 0.2) is 55.2 Å². The van der Waals surface area contributed by atoms with E-state index in [1.807, 2.05) is 24.4 Å². The van der Waals surface area contributed by atoms with Gasteiger partial charge in [-0.25, -0.2) is 14.6 Å². The van der Waals surface area contributed by atoms with Crippen LogP contribution in [0.1, 0.15) is 0 Å². The number of carbonyl (C=O) groups is 1. The molecule has 0 saturated carbocycles. The molecule has 0 atom stereocenters. The van der Waals surface area contributed by atoms with Gasteiger partial charge in [-0.1, -0.05) is 17.7 Å². The van der Waals surface area contributed by atoms with Gasteiger partial charge < -0.3 is 10.2 Å². The number of rotatable bonds is 5. The zero-order valence-electron chi connectivity index (χ0n) is 15.3. The second-order valence-electron chi connectivity index (χ2n) is 6.71. The van der Waals surface area contributed by atoms with Crippen molar-refractivity contribution in [2.75, 3.05) is 42.9 Å². The minimum atomic E-state index is -0.0432. The summed E-state index contributed by atoms with van der Waals surface area (Å²) in [6.07, 6.45) is 4.97. The third-order valence-corrected chi connectivity index (χ3v) is 5.05. The van der Waals surface area contributed by atoms with Crippen molar-refractivity contribution >= 4 is 29.0 Å². The van der Waals surface area contributed by atoms with E-state index in [2.05, 4.69) is 31.3 Å². The summed E-state index contributed by atoms with van der Waals surface area (Å²) >= 11 is 6.12. The van der Waals surface area contributed by atoms with Crippen LogP contribution < -0.4 is 20.1 Å². The van der Waals surface area contributed by atoms with Gasteiger partial charge in [0, 0.05) is 11.1 Å². The largest absolute Gasteiger partial charge is 0.321 e. The first-order valence-electron chi connectivity index (χ1n) is 9.19. The van der Waals surface area contributed by atoms with Crippen molar-refractivity contribution in [2.24, 2.45) is 0 Å². The van der Waals surface area contributed by atoms with E-state index in [0.29, 0.717) is 17.3 Å². The van der Waals surface area contributed by atoms with E-state index in [0.717, 1.165) is 37.7 Å². The Morgan fingerprint density at radius 2 is 2.11 bits per heavy atom. The first kappa shape index (κ1) is 18.4. The lowest BCUT2D eigenvalue weighted by molar-refractivity contribution is -0.892. The van der Waals surface area contributed by atoms with Crippen LogP contribution in [-0.2, 0) is 4.79 Å². The highest BCUT2D eigenvalue weighted by atomic mass is 35.5. The van der Waals surface area contributed by atoms with Crippen molar-refractivity contribution in [3.8, 4) is 5.69 Å². The Kier molecular flexibility index (Phi) is 5.50. The molecular weight excluding hydrogens is 378 g/mol. The molecule has 1 aromatic carbocycles. The number of aromatic amines is 1. The van der Waals surface area contributed by atoms with Gasteiger partial charge in [0.2, 0.25) is 0 Å². The van der Waals surface area contributed by atoms with Crippen LogP contribution in [0.2, 0.25) is 5.02 Å². The Labute approximate surface area is 167 Å². The first-order valence-corrected chi connectivity index (χ1v) is 9.56. The maximum absolute atomic E-state index is 12.6. The summed E-state index contributed by atoms with van der Waals surface area (Å²) in [5, 5.41) is 7.67. The molecule has 4 rings (SSSR count). The summed E-state index contributed by atoms with van der Waals surface area (Å²) in [4.78, 5) is 23.4. The summed E-state index contributed by atoms with van der Waals surface area (Å²) < 4.78 is 1.61. The Morgan fingerprint density at radius 1 is 1.25 bits per heavy atom. The number of halogens is 1. The van der Waals surface area contributed by atoms with Gasteiger partial charge in [-0.3, -0.25) is 9.69 Å². The van der Waals surface area contributed by atoms with E-state index in [4.69, 9.17) is 11.6 Å². The lowest BCUT2D eigenvalue weighted by Gasteiger charge is -2.27. The molecular formula is C19H22ClN7O+2. The molecule has 3 N–H and O–H groups in total.